The highest BCUT2D eigenvalue weighted by Gasteiger charge is 2.14. The van der Waals surface area contributed by atoms with Crippen molar-refractivity contribution in [2.45, 2.75) is 13.3 Å². The van der Waals surface area contributed by atoms with E-state index in [4.69, 9.17) is 0 Å². The highest BCUT2D eigenvalue weighted by Crippen LogP contribution is 2.29. The van der Waals surface area contributed by atoms with Crippen LogP contribution in [-0.4, -0.2) is 34.2 Å². The first-order valence-electron chi connectivity index (χ1n) is 6.58. The summed E-state index contributed by atoms with van der Waals surface area (Å²) in [6, 6.07) is 7.16. The summed E-state index contributed by atoms with van der Waals surface area (Å²) in [5, 5.41) is 3.71. The molecule has 5 nitrogen and oxygen atoms in total. The van der Waals surface area contributed by atoms with Crippen LogP contribution in [0.15, 0.2) is 24.3 Å². The maximum Gasteiger partial charge on any atom is 0.261 e. The predicted octanol–water partition coefficient (Wildman–Crippen LogP) is 2.44. The molecule has 7 heteroatoms. The number of anilines is 1. The van der Waals surface area contributed by atoms with Gasteiger partial charge in [-0.25, -0.2) is 8.42 Å². The number of nitrogens with one attached hydrogen (secondary N) is 1. The van der Waals surface area contributed by atoms with E-state index in [1.807, 2.05) is 13.0 Å². The molecule has 1 amide bonds. The average Bonchev–Trinajstić information content (AvgIpc) is 2.85. The van der Waals surface area contributed by atoms with Gasteiger partial charge in [-0.1, -0.05) is 6.92 Å². The molecule has 0 spiro atoms. The molecular weight excluding hydrogens is 308 g/mol. The normalized spacial score (nSPS) is 11.6. The monoisotopic (exact) mass is 326 g/mol. The summed E-state index contributed by atoms with van der Waals surface area (Å²) in [6.45, 7) is 2.65. The average molecular weight is 326 g/mol. The molecule has 1 aromatic heterocycles. The highest BCUT2D eigenvalue weighted by molar-refractivity contribution is 7.92. The van der Waals surface area contributed by atoms with E-state index in [2.05, 4.69) is 5.32 Å². The van der Waals surface area contributed by atoms with Gasteiger partial charge in [-0.05, 0) is 36.1 Å². The van der Waals surface area contributed by atoms with Crippen LogP contribution in [0.2, 0.25) is 0 Å². The number of benzene rings is 1. The van der Waals surface area contributed by atoms with Crippen LogP contribution in [0.4, 0.5) is 5.69 Å². The summed E-state index contributed by atoms with van der Waals surface area (Å²) in [6.07, 6.45) is 2.05. The standard InChI is InChI=1S/C14H18N2O3S2/c1-4-7-15-14(17)13-9-10-8-11(5-6-12(10)20-13)16(2)21(3,18)19/h5-6,8-9H,4,7H2,1-3H3,(H,15,17). The molecule has 0 bridgehead atoms. The molecule has 0 aliphatic carbocycles. The van der Waals surface area contributed by atoms with Gasteiger partial charge >= 0.3 is 0 Å². The van der Waals surface area contributed by atoms with Gasteiger partial charge in [0.15, 0.2) is 0 Å². The first-order chi connectivity index (χ1) is 9.82. The number of hydrogen-bond donors (Lipinski definition) is 1. The molecule has 1 heterocycles. The number of rotatable bonds is 5. The van der Waals surface area contributed by atoms with E-state index in [-0.39, 0.29) is 5.91 Å². The first-order valence-corrected chi connectivity index (χ1v) is 9.25. The van der Waals surface area contributed by atoms with Gasteiger partial charge in [0.05, 0.1) is 16.8 Å². The summed E-state index contributed by atoms with van der Waals surface area (Å²) in [5.74, 6) is -0.0870. The molecule has 21 heavy (non-hydrogen) atoms. The Labute approximate surface area is 128 Å². The highest BCUT2D eigenvalue weighted by atomic mass is 32.2. The second-order valence-electron chi connectivity index (χ2n) is 4.82. The van der Waals surface area contributed by atoms with Crippen LogP contribution in [0.25, 0.3) is 10.1 Å². The number of carbonyl (C=O) groups is 1. The molecule has 0 aliphatic heterocycles. The SMILES string of the molecule is CCCNC(=O)c1cc2cc(N(C)S(C)(=O)=O)ccc2s1. The number of sulfonamides is 1. The van der Waals surface area contributed by atoms with Gasteiger partial charge in [-0.3, -0.25) is 9.10 Å². The first kappa shape index (κ1) is 15.8. The number of nitrogens with zero attached hydrogens (tertiary/aromatic N) is 1. The summed E-state index contributed by atoms with van der Waals surface area (Å²) < 4.78 is 25.3. The number of fused-ring (bicyclic) bond motifs is 1. The van der Waals surface area contributed by atoms with E-state index < -0.39 is 10.0 Å². The largest absolute Gasteiger partial charge is 0.351 e. The van der Waals surface area contributed by atoms with Crippen LogP contribution >= 0.6 is 11.3 Å². The van der Waals surface area contributed by atoms with Gasteiger partial charge in [-0.2, -0.15) is 0 Å². The fraction of sp³-hybridized carbons (Fsp3) is 0.357. The van der Waals surface area contributed by atoms with Crippen LogP contribution in [0.5, 0.6) is 0 Å². The van der Waals surface area contributed by atoms with Crippen molar-refractivity contribution in [2.75, 3.05) is 24.2 Å². The summed E-state index contributed by atoms with van der Waals surface area (Å²) >= 11 is 1.40. The minimum absolute atomic E-state index is 0.0870. The quantitative estimate of drug-likeness (QED) is 0.918. The van der Waals surface area contributed by atoms with Crippen LogP contribution in [-0.2, 0) is 10.0 Å². The molecule has 0 aliphatic rings. The number of thiophene rings is 1. The van der Waals surface area contributed by atoms with Crippen molar-refractivity contribution in [3.05, 3.63) is 29.1 Å². The van der Waals surface area contributed by atoms with Gasteiger partial charge in [0.25, 0.3) is 5.91 Å². The van der Waals surface area contributed by atoms with Crippen LogP contribution in [0.1, 0.15) is 23.0 Å². The second kappa shape index (κ2) is 6.03. The molecule has 2 rings (SSSR count). The minimum atomic E-state index is -3.29. The number of carbonyl (C=O) groups excluding carboxylic acids is 1. The lowest BCUT2D eigenvalue weighted by Crippen LogP contribution is -2.24. The van der Waals surface area contributed by atoms with Crippen LogP contribution in [0, 0.1) is 0 Å². The van der Waals surface area contributed by atoms with E-state index in [1.165, 1.54) is 22.7 Å². The van der Waals surface area contributed by atoms with Crippen LogP contribution in [0.3, 0.4) is 0 Å². The Morgan fingerprint density at radius 1 is 1.33 bits per heavy atom. The third-order valence-electron chi connectivity index (χ3n) is 3.12. The fourth-order valence-corrected chi connectivity index (χ4v) is 3.31. The van der Waals surface area contributed by atoms with Crippen molar-refractivity contribution in [3.63, 3.8) is 0 Å². The lowest BCUT2D eigenvalue weighted by molar-refractivity contribution is 0.0958. The molecule has 0 radical (unpaired) electrons. The lowest BCUT2D eigenvalue weighted by Gasteiger charge is -2.16. The van der Waals surface area contributed by atoms with Crippen LogP contribution < -0.4 is 9.62 Å². The Kier molecular flexibility index (Phi) is 4.53. The minimum Gasteiger partial charge on any atom is -0.351 e. The molecule has 1 aromatic carbocycles. The maximum atomic E-state index is 11.9. The molecule has 1 N–H and O–H groups in total. The van der Waals surface area contributed by atoms with Gasteiger partial charge in [0.2, 0.25) is 10.0 Å². The van der Waals surface area contributed by atoms with Crippen molar-refractivity contribution in [1.29, 1.82) is 0 Å². The molecule has 0 saturated heterocycles. The zero-order chi connectivity index (χ0) is 15.6. The Bertz CT molecular complexity index is 766. The lowest BCUT2D eigenvalue weighted by atomic mass is 10.2. The molecule has 0 fully saturated rings. The summed E-state index contributed by atoms with van der Waals surface area (Å²) in [7, 11) is -1.78. The summed E-state index contributed by atoms with van der Waals surface area (Å²) in [5.41, 5.74) is 0.586. The Hall–Kier alpha value is -1.60. The third kappa shape index (κ3) is 3.54. The van der Waals surface area contributed by atoms with Gasteiger partial charge in [0.1, 0.15) is 0 Å². The van der Waals surface area contributed by atoms with E-state index in [0.29, 0.717) is 17.1 Å². The van der Waals surface area contributed by atoms with Crippen molar-refractivity contribution in [3.8, 4) is 0 Å². The Balaban J connectivity index is 2.34. The second-order valence-corrected chi connectivity index (χ2v) is 7.92. The van der Waals surface area contributed by atoms with E-state index in [1.54, 1.807) is 18.2 Å². The van der Waals surface area contributed by atoms with E-state index in [9.17, 15) is 13.2 Å². The van der Waals surface area contributed by atoms with Gasteiger partial charge in [-0.15, -0.1) is 11.3 Å². The maximum absolute atomic E-state index is 11.9. The summed E-state index contributed by atoms with van der Waals surface area (Å²) in [4.78, 5) is 12.6. The van der Waals surface area contributed by atoms with Crippen molar-refractivity contribution in [2.24, 2.45) is 0 Å². The zero-order valence-corrected chi connectivity index (χ0v) is 13.8. The third-order valence-corrected chi connectivity index (χ3v) is 5.44. The van der Waals surface area contributed by atoms with Gasteiger partial charge in [0, 0.05) is 18.3 Å². The molecule has 114 valence electrons. The number of amides is 1. The molecule has 0 atom stereocenters. The number of hydrogen-bond acceptors (Lipinski definition) is 4. The van der Waals surface area contributed by atoms with E-state index in [0.717, 1.165) is 22.8 Å². The van der Waals surface area contributed by atoms with Crippen molar-refractivity contribution < 1.29 is 13.2 Å². The molecular formula is C14H18N2O3S2. The zero-order valence-electron chi connectivity index (χ0n) is 12.2. The van der Waals surface area contributed by atoms with Crippen molar-refractivity contribution in [1.82, 2.24) is 5.32 Å². The Morgan fingerprint density at radius 2 is 2.05 bits per heavy atom. The predicted molar refractivity (Wildman–Crippen MR) is 87.7 cm³/mol. The van der Waals surface area contributed by atoms with Crippen molar-refractivity contribution >= 4 is 43.0 Å². The molecule has 0 saturated carbocycles. The topological polar surface area (TPSA) is 66.5 Å². The fourth-order valence-electron chi connectivity index (χ4n) is 1.86. The van der Waals surface area contributed by atoms with Gasteiger partial charge < -0.3 is 5.32 Å². The molecule has 0 unspecified atom stereocenters. The smallest absolute Gasteiger partial charge is 0.261 e. The Morgan fingerprint density at radius 3 is 2.67 bits per heavy atom. The molecule has 2 aromatic rings. The van der Waals surface area contributed by atoms with E-state index >= 15 is 0 Å².